The molecule has 1 aromatic heterocycles. The number of carbonyl (C=O) groups is 1. The van der Waals surface area contributed by atoms with Crippen molar-refractivity contribution in [3.05, 3.63) is 36.0 Å². The number of aromatic amines is 1. The van der Waals surface area contributed by atoms with Crippen molar-refractivity contribution in [2.75, 3.05) is 13.2 Å². The van der Waals surface area contributed by atoms with Crippen molar-refractivity contribution in [2.24, 2.45) is 0 Å². The lowest BCUT2D eigenvalue weighted by atomic mass is 10.1. The molecule has 21 heavy (non-hydrogen) atoms. The van der Waals surface area contributed by atoms with Crippen LogP contribution in [0.15, 0.2) is 30.5 Å². The predicted molar refractivity (Wildman–Crippen MR) is 83.2 cm³/mol. The van der Waals surface area contributed by atoms with Gasteiger partial charge in [-0.1, -0.05) is 18.2 Å². The number of H-pyrrole nitrogens is 1. The fourth-order valence-corrected chi connectivity index (χ4v) is 2.97. The number of amides is 1. The molecule has 0 bridgehead atoms. The van der Waals surface area contributed by atoms with Crippen LogP contribution in [0, 0.1) is 0 Å². The minimum Gasteiger partial charge on any atom is -0.375 e. The lowest BCUT2D eigenvalue weighted by Crippen LogP contribution is -2.50. The third-order valence-corrected chi connectivity index (χ3v) is 4.21. The van der Waals surface area contributed by atoms with Gasteiger partial charge < -0.3 is 14.6 Å². The van der Waals surface area contributed by atoms with Crippen LogP contribution in [0.1, 0.15) is 25.8 Å². The van der Waals surface area contributed by atoms with Gasteiger partial charge in [-0.25, -0.2) is 0 Å². The first-order chi connectivity index (χ1) is 10.1. The Bertz CT molecular complexity index is 635. The Balaban J connectivity index is 1.65. The van der Waals surface area contributed by atoms with Gasteiger partial charge in [-0.3, -0.25) is 4.79 Å². The summed E-state index contributed by atoms with van der Waals surface area (Å²) in [6.07, 6.45) is 3.49. The number of morpholine rings is 1. The minimum atomic E-state index is 0.137. The van der Waals surface area contributed by atoms with E-state index in [0.717, 1.165) is 11.9 Å². The summed E-state index contributed by atoms with van der Waals surface area (Å²) in [7, 11) is 0. The zero-order chi connectivity index (χ0) is 14.8. The van der Waals surface area contributed by atoms with Gasteiger partial charge in [-0.15, -0.1) is 0 Å². The van der Waals surface area contributed by atoms with Crippen molar-refractivity contribution < 1.29 is 9.53 Å². The van der Waals surface area contributed by atoms with Crippen molar-refractivity contribution in [1.29, 1.82) is 0 Å². The second-order valence-electron chi connectivity index (χ2n) is 5.90. The second-order valence-corrected chi connectivity index (χ2v) is 5.90. The molecular weight excluding hydrogens is 264 g/mol. The smallest absolute Gasteiger partial charge is 0.223 e. The number of aryl methyl sites for hydroxylation is 1. The summed E-state index contributed by atoms with van der Waals surface area (Å²) in [6, 6.07) is 8.39. The Kier molecular flexibility index (Phi) is 3.97. The molecule has 4 heteroatoms. The number of nitrogens with zero attached hydrogens (tertiary/aromatic N) is 1. The van der Waals surface area contributed by atoms with Gasteiger partial charge in [0.25, 0.3) is 0 Å². The van der Waals surface area contributed by atoms with E-state index in [1.165, 1.54) is 10.9 Å². The maximum atomic E-state index is 12.4. The minimum absolute atomic E-state index is 0.137. The molecule has 1 amide bonds. The van der Waals surface area contributed by atoms with Crippen LogP contribution in [0.5, 0.6) is 0 Å². The summed E-state index contributed by atoms with van der Waals surface area (Å²) < 4.78 is 5.58. The zero-order valence-electron chi connectivity index (χ0n) is 12.6. The first-order valence-electron chi connectivity index (χ1n) is 7.61. The highest BCUT2D eigenvalue weighted by Gasteiger charge is 2.27. The summed E-state index contributed by atoms with van der Waals surface area (Å²) in [6.45, 7) is 5.41. The van der Waals surface area contributed by atoms with Crippen LogP contribution in [0.3, 0.4) is 0 Å². The Labute approximate surface area is 125 Å². The first-order valence-corrected chi connectivity index (χ1v) is 7.61. The summed E-state index contributed by atoms with van der Waals surface area (Å²) >= 11 is 0. The Morgan fingerprint density at radius 2 is 2.19 bits per heavy atom. The van der Waals surface area contributed by atoms with Gasteiger partial charge in [0.15, 0.2) is 0 Å². The van der Waals surface area contributed by atoms with Crippen molar-refractivity contribution >= 4 is 16.8 Å². The Morgan fingerprint density at radius 1 is 1.38 bits per heavy atom. The number of para-hydroxylation sites is 1. The first kappa shape index (κ1) is 14.1. The van der Waals surface area contributed by atoms with Crippen LogP contribution < -0.4 is 0 Å². The van der Waals surface area contributed by atoms with Crippen LogP contribution in [-0.4, -0.2) is 41.1 Å². The van der Waals surface area contributed by atoms with Crippen molar-refractivity contribution in [3.8, 4) is 0 Å². The standard InChI is InChI=1S/C17H22N2O2/c1-12-11-21-13(2)10-19(12)17(20)8-7-14-9-18-16-6-4-3-5-15(14)16/h3-6,9,12-13,18H,7-8,10-11H2,1-2H3. The van der Waals surface area contributed by atoms with Gasteiger partial charge in [0.05, 0.1) is 18.8 Å². The quantitative estimate of drug-likeness (QED) is 0.943. The highest BCUT2D eigenvalue weighted by molar-refractivity contribution is 5.84. The van der Waals surface area contributed by atoms with Crippen LogP contribution in [0.25, 0.3) is 10.9 Å². The molecule has 0 spiro atoms. The van der Waals surface area contributed by atoms with Gasteiger partial charge in [0.2, 0.25) is 5.91 Å². The number of carbonyl (C=O) groups excluding carboxylic acids is 1. The normalized spacial score (nSPS) is 22.7. The molecule has 1 N–H and O–H groups in total. The molecule has 2 heterocycles. The molecule has 1 aromatic carbocycles. The zero-order valence-corrected chi connectivity index (χ0v) is 12.6. The molecule has 2 atom stereocenters. The van der Waals surface area contributed by atoms with Gasteiger partial charge in [-0.05, 0) is 31.9 Å². The molecule has 0 aliphatic carbocycles. The number of fused-ring (bicyclic) bond motifs is 1. The molecule has 0 radical (unpaired) electrons. The molecule has 0 saturated carbocycles. The number of hydrogen-bond acceptors (Lipinski definition) is 2. The molecule has 2 aromatic rings. The number of aromatic nitrogens is 1. The van der Waals surface area contributed by atoms with Gasteiger partial charge in [0, 0.05) is 30.1 Å². The highest BCUT2D eigenvalue weighted by atomic mass is 16.5. The van der Waals surface area contributed by atoms with Gasteiger partial charge >= 0.3 is 0 Å². The largest absolute Gasteiger partial charge is 0.375 e. The van der Waals surface area contributed by atoms with Crippen LogP contribution >= 0.6 is 0 Å². The molecule has 1 aliphatic rings. The Morgan fingerprint density at radius 3 is 3.05 bits per heavy atom. The maximum Gasteiger partial charge on any atom is 0.223 e. The van der Waals surface area contributed by atoms with E-state index in [1.54, 1.807) is 0 Å². The second kappa shape index (κ2) is 5.90. The van der Waals surface area contributed by atoms with Crippen molar-refractivity contribution in [1.82, 2.24) is 9.88 Å². The molecule has 4 nitrogen and oxygen atoms in total. The van der Waals surface area contributed by atoms with E-state index in [2.05, 4.69) is 24.0 Å². The van der Waals surface area contributed by atoms with Crippen LogP contribution in [0.4, 0.5) is 0 Å². The number of ether oxygens (including phenoxy) is 1. The number of rotatable bonds is 3. The average molecular weight is 286 g/mol. The fourth-order valence-electron chi connectivity index (χ4n) is 2.97. The monoisotopic (exact) mass is 286 g/mol. The third kappa shape index (κ3) is 2.95. The van der Waals surface area contributed by atoms with Gasteiger partial charge in [-0.2, -0.15) is 0 Å². The molecule has 1 saturated heterocycles. The predicted octanol–water partition coefficient (Wildman–Crippen LogP) is 2.74. The molecule has 1 fully saturated rings. The molecule has 112 valence electrons. The van der Waals surface area contributed by atoms with Crippen LogP contribution in [0.2, 0.25) is 0 Å². The fraction of sp³-hybridized carbons (Fsp3) is 0.471. The summed E-state index contributed by atoms with van der Waals surface area (Å²) in [5.74, 6) is 0.225. The molecular formula is C17H22N2O2. The van der Waals surface area contributed by atoms with Crippen molar-refractivity contribution in [2.45, 2.75) is 38.8 Å². The summed E-state index contributed by atoms with van der Waals surface area (Å²) in [4.78, 5) is 17.7. The SMILES string of the molecule is CC1CN(C(=O)CCc2c[nH]c3ccccc23)C(C)CO1. The molecule has 2 unspecified atom stereocenters. The Hall–Kier alpha value is -1.81. The van der Waals surface area contributed by atoms with E-state index in [4.69, 9.17) is 4.74 Å². The maximum absolute atomic E-state index is 12.4. The van der Waals surface area contributed by atoms with Gasteiger partial charge in [0.1, 0.15) is 0 Å². The number of hydrogen-bond donors (Lipinski definition) is 1. The topological polar surface area (TPSA) is 45.3 Å². The van der Waals surface area contributed by atoms with E-state index in [0.29, 0.717) is 19.6 Å². The van der Waals surface area contributed by atoms with E-state index >= 15 is 0 Å². The number of nitrogens with one attached hydrogen (secondary N) is 1. The van der Waals surface area contributed by atoms with E-state index in [9.17, 15) is 4.79 Å². The van der Waals surface area contributed by atoms with Crippen molar-refractivity contribution in [3.63, 3.8) is 0 Å². The number of benzene rings is 1. The lowest BCUT2D eigenvalue weighted by molar-refractivity contribution is -0.143. The van der Waals surface area contributed by atoms with E-state index in [1.807, 2.05) is 30.2 Å². The van der Waals surface area contributed by atoms with E-state index in [-0.39, 0.29) is 18.1 Å². The molecule has 1 aliphatic heterocycles. The molecule has 3 rings (SSSR count). The van der Waals surface area contributed by atoms with E-state index < -0.39 is 0 Å². The third-order valence-electron chi connectivity index (χ3n) is 4.21. The average Bonchev–Trinajstić information content (AvgIpc) is 2.90. The highest BCUT2D eigenvalue weighted by Crippen LogP contribution is 2.20. The lowest BCUT2D eigenvalue weighted by Gasteiger charge is -2.36. The van der Waals surface area contributed by atoms with Crippen LogP contribution in [-0.2, 0) is 16.0 Å². The summed E-state index contributed by atoms with van der Waals surface area (Å²) in [5, 5.41) is 1.22. The summed E-state index contributed by atoms with van der Waals surface area (Å²) in [5.41, 5.74) is 2.35.